The zero-order valence-electron chi connectivity index (χ0n) is 12.4. The third kappa shape index (κ3) is 3.51. The van der Waals surface area contributed by atoms with Gasteiger partial charge in [-0.2, -0.15) is 4.98 Å². The zero-order chi connectivity index (χ0) is 16.2. The Balaban J connectivity index is 1.80. The third-order valence-corrected chi connectivity index (χ3v) is 3.63. The van der Waals surface area contributed by atoms with Crippen LogP contribution in [0.2, 0.25) is 5.02 Å². The molecule has 0 radical (unpaired) electrons. The fraction of sp³-hybridized carbons (Fsp3) is 0.176. The molecule has 0 spiro atoms. The lowest BCUT2D eigenvalue weighted by atomic mass is 10.1. The second kappa shape index (κ2) is 6.79. The van der Waals surface area contributed by atoms with E-state index in [9.17, 15) is 4.39 Å². The van der Waals surface area contributed by atoms with E-state index in [1.807, 2.05) is 31.2 Å². The summed E-state index contributed by atoms with van der Waals surface area (Å²) in [5.41, 5.74) is 1.13. The molecule has 2 aromatic carbocycles. The molecule has 0 amide bonds. The van der Waals surface area contributed by atoms with Crippen LogP contribution in [0.3, 0.4) is 0 Å². The number of hydrogen-bond donors (Lipinski definition) is 0. The predicted molar refractivity (Wildman–Crippen MR) is 85.1 cm³/mol. The van der Waals surface area contributed by atoms with Crippen molar-refractivity contribution in [1.29, 1.82) is 0 Å². The number of hydrogen-bond acceptors (Lipinski definition) is 4. The third-order valence-electron chi connectivity index (χ3n) is 3.28. The molecule has 3 rings (SSSR count). The van der Waals surface area contributed by atoms with Crippen LogP contribution in [0.15, 0.2) is 47.0 Å². The van der Waals surface area contributed by atoms with Gasteiger partial charge in [-0.25, -0.2) is 4.39 Å². The van der Waals surface area contributed by atoms with Crippen molar-refractivity contribution in [3.05, 3.63) is 64.7 Å². The summed E-state index contributed by atoms with van der Waals surface area (Å²) in [6, 6.07) is 11.9. The maximum Gasteiger partial charge on any atom is 0.257 e. The quantitative estimate of drug-likeness (QED) is 0.689. The Hall–Kier alpha value is -2.40. The normalized spacial score (nSPS) is 10.7. The van der Waals surface area contributed by atoms with Crippen molar-refractivity contribution in [2.24, 2.45) is 0 Å². The monoisotopic (exact) mass is 332 g/mol. The minimum atomic E-state index is -0.384. The first-order valence-electron chi connectivity index (χ1n) is 7.16. The lowest BCUT2D eigenvalue weighted by molar-refractivity contribution is 0.340. The van der Waals surface area contributed by atoms with E-state index in [4.69, 9.17) is 20.9 Å². The van der Waals surface area contributed by atoms with Crippen molar-refractivity contribution in [1.82, 2.24) is 10.1 Å². The molecule has 0 aliphatic heterocycles. The first-order valence-corrected chi connectivity index (χ1v) is 7.54. The summed E-state index contributed by atoms with van der Waals surface area (Å²) in [6.07, 6.45) is 0.173. The second-order valence-corrected chi connectivity index (χ2v) is 5.26. The molecule has 0 saturated carbocycles. The fourth-order valence-corrected chi connectivity index (χ4v) is 2.39. The SMILES string of the molecule is CCOc1ccc(-c2nc(Cc3c(F)cccc3Cl)no2)cc1. The van der Waals surface area contributed by atoms with Gasteiger partial charge in [0.15, 0.2) is 5.82 Å². The van der Waals surface area contributed by atoms with Gasteiger partial charge in [0.25, 0.3) is 5.89 Å². The topological polar surface area (TPSA) is 48.2 Å². The first kappa shape index (κ1) is 15.5. The minimum absolute atomic E-state index is 0.173. The number of rotatable bonds is 5. The number of ether oxygens (including phenoxy) is 1. The highest BCUT2D eigenvalue weighted by atomic mass is 35.5. The van der Waals surface area contributed by atoms with Gasteiger partial charge >= 0.3 is 0 Å². The van der Waals surface area contributed by atoms with Crippen LogP contribution in [0.25, 0.3) is 11.5 Å². The highest BCUT2D eigenvalue weighted by molar-refractivity contribution is 6.31. The van der Waals surface area contributed by atoms with E-state index >= 15 is 0 Å². The minimum Gasteiger partial charge on any atom is -0.494 e. The van der Waals surface area contributed by atoms with Gasteiger partial charge in [-0.3, -0.25) is 0 Å². The summed E-state index contributed by atoms with van der Waals surface area (Å²) in [5, 5.41) is 4.23. The lowest BCUT2D eigenvalue weighted by Crippen LogP contribution is -1.96. The highest BCUT2D eigenvalue weighted by Gasteiger charge is 2.13. The molecular weight excluding hydrogens is 319 g/mol. The summed E-state index contributed by atoms with van der Waals surface area (Å²) >= 11 is 6.01. The molecule has 0 unspecified atom stereocenters. The van der Waals surface area contributed by atoms with E-state index < -0.39 is 0 Å². The Labute approximate surface area is 137 Å². The Morgan fingerprint density at radius 2 is 1.96 bits per heavy atom. The van der Waals surface area contributed by atoms with Gasteiger partial charge in [0.2, 0.25) is 0 Å². The molecule has 23 heavy (non-hydrogen) atoms. The summed E-state index contributed by atoms with van der Waals surface area (Å²) < 4.78 is 24.4. The molecule has 3 aromatic rings. The van der Waals surface area contributed by atoms with Gasteiger partial charge in [-0.15, -0.1) is 0 Å². The van der Waals surface area contributed by atoms with Crippen molar-refractivity contribution in [2.75, 3.05) is 6.61 Å². The Morgan fingerprint density at radius 3 is 2.65 bits per heavy atom. The van der Waals surface area contributed by atoms with Crippen LogP contribution in [0.4, 0.5) is 4.39 Å². The molecule has 0 bridgehead atoms. The van der Waals surface area contributed by atoms with Crippen molar-refractivity contribution < 1.29 is 13.7 Å². The van der Waals surface area contributed by atoms with Gasteiger partial charge < -0.3 is 9.26 Å². The average molecular weight is 333 g/mol. The highest BCUT2D eigenvalue weighted by Crippen LogP contribution is 2.24. The van der Waals surface area contributed by atoms with Crippen molar-refractivity contribution in [3.63, 3.8) is 0 Å². The van der Waals surface area contributed by atoms with Crippen LogP contribution >= 0.6 is 11.6 Å². The number of nitrogens with zero attached hydrogens (tertiary/aromatic N) is 2. The predicted octanol–water partition coefficient (Wildman–Crippen LogP) is 4.52. The maximum atomic E-state index is 13.8. The van der Waals surface area contributed by atoms with Crippen molar-refractivity contribution in [3.8, 4) is 17.2 Å². The second-order valence-electron chi connectivity index (χ2n) is 4.85. The van der Waals surface area contributed by atoms with Crippen LogP contribution in [0.5, 0.6) is 5.75 Å². The summed E-state index contributed by atoms with van der Waals surface area (Å²) in [6.45, 7) is 2.53. The molecule has 1 aromatic heterocycles. The molecular formula is C17H14ClFN2O2. The van der Waals surface area contributed by atoms with Crippen molar-refractivity contribution in [2.45, 2.75) is 13.3 Å². The van der Waals surface area contributed by atoms with Gasteiger partial charge in [-0.05, 0) is 43.3 Å². The average Bonchev–Trinajstić information content (AvgIpc) is 3.01. The smallest absolute Gasteiger partial charge is 0.257 e. The van der Waals surface area contributed by atoms with Gasteiger partial charge in [-0.1, -0.05) is 22.8 Å². The van der Waals surface area contributed by atoms with Crippen molar-refractivity contribution >= 4 is 11.6 Å². The van der Waals surface area contributed by atoms with Gasteiger partial charge in [0.1, 0.15) is 11.6 Å². The van der Waals surface area contributed by atoms with E-state index in [1.54, 1.807) is 12.1 Å². The van der Waals surface area contributed by atoms with Crippen LogP contribution in [0, 0.1) is 5.82 Å². The van der Waals surface area contributed by atoms with Crippen LogP contribution in [0.1, 0.15) is 18.3 Å². The Kier molecular flexibility index (Phi) is 4.57. The molecule has 0 fully saturated rings. The van der Waals surface area contributed by atoms with Crippen LogP contribution in [-0.4, -0.2) is 16.7 Å². The van der Waals surface area contributed by atoms with E-state index in [1.165, 1.54) is 6.07 Å². The summed E-state index contributed by atoms with van der Waals surface area (Å²) in [5.74, 6) is 1.13. The molecule has 0 aliphatic carbocycles. The van der Waals surface area contributed by atoms with E-state index in [0.29, 0.717) is 28.9 Å². The largest absolute Gasteiger partial charge is 0.494 e. The lowest BCUT2D eigenvalue weighted by Gasteiger charge is -2.02. The van der Waals surface area contributed by atoms with Gasteiger partial charge in [0, 0.05) is 22.6 Å². The van der Waals surface area contributed by atoms with Crippen LogP contribution < -0.4 is 4.74 Å². The first-order chi connectivity index (χ1) is 11.2. The summed E-state index contributed by atoms with van der Waals surface area (Å²) in [7, 11) is 0. The molecule has 1 heterocycles. The maximum absolute atomic E-state index is 13.8. The Morgan fingerprint density at radius 1 is 1.17 bits per heavy atom. The standard InChI is InChI=1S/C17H14ClFN2O2/c1-2-22-12-8-6-11(7-9-12)17-20-16(21-23-17)10-13-14(18)4-3-5-15(13)19/h3-9H,2,10H2,1H3. The summed E-state index contributed by atoms with van der Waals surface area (Å²) in [4.78, 5) is 4.29. The zero-order valence-corrected chi connectivity index (χ0v) is 13.2. The van der Waals surface area contributed by atoms with Gasteiger partial charge in [0.05, 0.1) is 6.61 Å². The molecule has 6 heteroatoms. The molecule has 0 atom stereocenters. The fourth-order valence-electron chi connectivity index (χ4n) is 2.16. The molecule has 118 valence electrons. The van der Waals surface area contributed by atoms with E-state index in [0.717, 1.165) is 11.3 Å². The molecule has 0 aliphatic rings. The Bertz CT molecular complexity index is 782. The molecule has 0 N–H and O–H groups in total. The number of benzene rings is 2. The van der Waals surface area contributed by atoms with E-state index in [2.05, 4.69) is 10.1 Å². The number of aromatic nitrogens is 2. The van der Waals surface area contributed by atoms with E-state index in [-0.39, 0.29) is 12.2 Å². The molecule has 4 nitrogen and oxygen atoms in total. The number of halogens is 2. The molecule has 0 saturated heterocycles. The van der Waals surface area contributed by atoms with Crippen LogP contribution in [-0.2, 0) is 6.42 Å².